The third-order valence-electron chi connectivity index (χ3n) is 2.87. The van der Waals surface area contributed by atoms with Crippen molar-refractivity contribution in [3.05, 3.63) is 0 Å². The van der Waals surface area contributed by atoms with Crippen molar-refractivity contribution in [3.8, 4) is 0 Å². The first-order chi connectivity index (χ1) is 7.00. The highest BCUT2D eigenvalue weighted by Gasteiger charge is 2.27. The molecule has 1 aliphatic carbocycles. The highest BCUT2D eigenvalue weighted by molar-refractivity contribution is 5.82. The maximum absolute atomic E-state index is 11.8. The van der Waals surface area contributed by atoms with E-state index in [4.69, 9.17) is 10.8 Å². The van der Waals surface area contributed by atoms with Crippen molar-refractivity contribution in [1.82, 2.24) is 4.90 Å². The first kappa shape index (κ1) is 12.0. The molecule has 1 fully saturated rings. The zero-order valence-electron chi connectivity index (χ0n) is 8.98. The van der Waals surface area contributed by atoms with E-state index in [0.29, 0.717) is 0 Å². The van der Waals surface area contributed by atoms with Crippen molar-refractivity contribution in [3.63, 3.8) is 0 Å². The van der Waals surface area contributed by atoms with Crippen LogP contribution in [0.1, 0.15) is 25.7 Å². The highest BCUT2D eigenvalue weighted by Crippen LogP contribution is 2.24. The molecule has 1 aliphatic rings. The summed E-state index contributed by atoms with van der Waals surface area (Å²) in [7, 11) is 1.53. The fraction of sp³-hybridized carbons (Fsp3) is 0.800. The van der Waals surface area contributed by atoms with Crippen LogP contribution >= 0.6 is 0 Å². The summed E-state index contributed by atoms with van der Waals surface area (Å²) in [4.78, 5) is 23.5. The second-order valence-corrected chi connectivity index (χ2v) is 4.20. The Morgan fingerprint density at radius 1 is 1.33 bits per heavy atom. The van der Waals surface area contributed by atoms with Gasteiger partial charge in [0.15, 0.2) is 0 Å². The van der Waals surface area contributed by atoms with Crippen molar-refractivity contribution < 1.29 is 14.7 Å². The van der Waals surface area contributed by atoms with Gasteiger partial charge in [0.2, 0.25) is 5.91 Å². The fourth-order valence-electron chi connectivity index (χ4n) is 1.96. The molecule has 0 heterocycles. The SMILES string of the molecule is CN(CC(=O)O)C(=O)C1CCC(N)CC1. The maximum atomic E-state index is 11.8. The summed E-state index contributed by atoms with van der Waals surface area (Å²) < 4.78 is 0. The Balaban J connectivity index is 2.42. The van der Waals surface area contributed by atoms with Gasteiger partial charge in [-0.25, -0.2) is 0 Å². The summed E-state index contributed by atoms with van der Waals surface area (Å²) in [6, 6.07) is 0.207. The molecule has 0 saturated heterocycles. The van der Waals surface area contributed by atoms with E-state index in [0.717, 1.165) is 25.7 Å². The Morgan fingerprint density at radius 2 is 1.87 bits per heavy atom. The van der Waals surface area contributed by atoms with E-state index < -0.39 is 5.97 Å². The standard InChI is InChI=1S/C10H18N2O3/c1-12(6-9(13)14)10(15)7-2-4-8(11)5-3-7/h7-8H,2-6,11H2,1H3,(H,13,14). The molecule has 0 atom stereocenters. The summed E-state index contributed by atoms with van der Waals surface area (Å²) >= 11 is 0. The first-order valence-electron chi connectivity index (χ1n) is 5.23. The Labute approximate surface area is 89.2 Å². The van der Waals surface area contributed by atoms with Crippen LogP contribution in [0.15, 0.2) is 0 Å². The largest absolute Gasteiger partial charge is 0.480 e. The molecule has 86 valence electrons. The van der Waals surface area contributed by atoms with Crippen molar-refractivity contribution >= 4 is 11.9 Å². The lowest BCUT2D eigenvalue weighted by Crippen LogP contribution is -2.39. The molecule has 1 saturated carbocycles. The molecular formula is C10H18N2O3. The second kappa shape index (κ2) is 5.11. The molecule has 0 aromatic heterocycles. The quantitative estimate of drug-likeness (QED) is 0.695. The molecule has 5 heteroatoms. The van der Waals surface area contributed by atoms with Crippen LogP contribution in [-0.2, 0) is 9.59 Å². The second-order valence-electron chi connectivity index (χ2n) is 4.20. The number of hydrogen-bond donors (Lipinski definition) is 2. The van der Waals surface area contributed by atoms with E-state index in [1.807, 2.05) is 0 Å². The fourth-order valence-corrected chi connectivity index (χ4v) is 1.96. The minimum absolute atomic E-state index is 0.0332. The third-order valence-corrected chi connectivity index (χ3v) is 2.87. The zero-order valence-corrected chi connectivity index (χ0v) is 8.98. The average molecular weight is 214 g/mol. The Hall–Kier alpha value is -1.10. The monoisotopic (exact) mass is 214 g/mol. The Kier molecular flexibility index (Phi) is 4.08. The predicted octanol–water partition coefficient (Wildman–Crippen LogP) is 0.0469. The van der Waals surface area contributed by atoms with Gasteiger partial charge in [0.1, 0.15) is 6.54 Å². The van der Waals surface area contributed by atoms with E-state index in [1.54, 1.807) is 0 Å². The van der Waals surface area contributed by atoms with Gasteiger partial charge in [-0.05, 0) is 25.7 Å². The van der Waals surface area contributed by atoms with Gasteiger partial charge in [0, 0.05) is 19.0 Å². The van der Waals surface area contributed by atoms with Crippen LogP contribution in [0.25, 0.3) is 0 Å². The van der Waals surface area contributed by atoms with Crippen molar-refractivity contribution in [1.29, 1.82) is 0 Å². The lowest BCUT2D eigenvalue weighted by atomic mass is 9.85. The number of carboxylic acid groups (broad SMARTS) is 1. The average Bonchev–Trinajstić information content (AvgIpc) is 2.17. The number of rotatable bonds is 3. The molecule has 5 nitrogen and oxygen atoms in total. The van der Waals surface area contributed by atoms with Crippen LogP contribution in [0.2, 0.25) is 0 Å². The van der Waals surface area contributed by atoms with Crippen molar-refractivity contribution in [2.45, 2.75) is 31.7 Å². The molecule has 0 radical (unpaired) electrons. The van der Waals surface area contributed by atoms with Crippen LogP contribution < -0.4 is 5.73 Å². The smallest absolute Gasteiger partial charge is 0.323 e. The highest BCUT2D eigenvalue weighted by atomic mass is 16.4. The Morgan fingerprint density at radius 3 is 2.33 bits per heavy atom. The van der Waals surface area contributed by atoms with E-state index in [9.17, 15) is 9.59 Å². The number of aliphatic carboxylic acids is 1. The third kappa shape index (κ3) is 3.51. The summed E-state index contributed by atoms with van der Waals surface area (Å²) in [5.74, 6) is -1.07. The molecular weight excluding hydrogens is 196 g/mol. The van der Waals surface area contributed by atoms with Crippen LogP contribution in [0.5, 0.6) is 0 Å². The summed E-state index contributed by atoms with van der Waals surface area (Å²) in [6.45, 7) is -0.221. The normalized spacial score (nSPS) is 26.0. The molecule has 0 spiro atoms. The number of carboxylic acids is 1. The summed E-state index contributed by atoms with van der Waals surface area (Å²) in [6.07, 6.45) is 3.28. The lowest BCUT2D eigenvalue weighted by molar-refractivity contribution is -0.145. The molecule has 0 aliphatic heterocycles. The van der Waals surface area contributed by atoms with Gasteiger partial charge in [-0.3, -0.25) is 9.59 Å². The van der Waals surface area contributed by atoms with Gasteiger partial charge in [0.05, 0.1) is 0 Å². The van der Waals surface area contributed by atoms with E-state index in [2.05, 4.69) is 0 Å². The number of carbonyl (C=O) groups excluding carboxylic acids is 1. The van der Waals surface area contributed by atoms with Gasteiger partial charge >= 0.3 is 5.97 Å². The number of carbonyl (C=O) groups is 2. The summed E-state index contributed by atoms with van der Waals surface area (Å²) in [5.41, 5.74) is 5.73. The number of amides is 1. The Bertz CT molecular complexity index is 247. The molecule has 1 rings (SSSR count). The van der Waals surface area contributed by atoms with E-state index >= 15 is 0 Å². The molecule has 0 aromatic rings. The van der Waals surface area contributed by atoms with Gasteiger partial charge in [0.25, 0.3) is 0 Å². The number of hydrogen-bond acceptors (Lipinski definition) is 3. The van der Waals surface area contributed by atoms with Crippen LogP contribution in [0.3, 0.4) is 0 Å². The molecule has 15 heavy (non-hydrogen) atoms. The van der Waals surface area contributed by atoms with Crippen LogP contribution in [-0.4, -0.2) is 41.5 Å². The molecule has 0 bridgehead atoms. The van der Waals surface area contributed by atoms with Crippen LogP contribution in [0.4, 0.5) is 0 Å². The van der Waals surface area contributed by atoms with Gasteiger partial charge in [-0.1, -0.05) is 0 Å². The number of nitrogens with zero attached hydrogens (tertiary/aromatic N) is 1. The van der Waals surface area contributed by atoms with Gasteiger partial charge < -0.3 is 15.7 Å². The summed E-state index contributed by atoms with van der Waals surface area (Å²) in [5, 5.41) is 8.56. The lowest BCUT2D eigenvalue weighted by Gasteiger charge is -2.28. The van der Waals surface area contributed by atoms with Gasteiger partial charge in [-0.15, -0.1) is 0 Å². The maximum Gasteiger partial charge on any atom is 0.323 e. The van der Waals surface area contributed by atoms with E-state index in [1.165, 1.54) is 11.9 Å². The minimum Gasteiger partial charge on any atom is -0.480 e. The van der Waals surface area contributed by atoms with Crippen molar-refractivity contribution in [2.24, 2.45) is 11.7 Å². The first-order valence-corrected chi connectivity index (χ1v) is 5.23. The van der Waals surface area contributed by atoms with Crippen molar-refractivity contribution in [2.75, 3.05) is 13.6 Å². The molecule has 0 unspecified atom stereocenters. The zero-order chi connectivity index (χ0) is 11.4. The van der Waals surface area contributed by atoms with Crippen LogP contribution in [0, 0.1) is 5.92 Å². The number of likely N-dealkylation sites (N-methyl/N-ethyl adjacent to an activating group) is 1. The topological polar surface area (TPSA) is 83.6 Å². The molecule has 3 N–H and O–H groups in total. The van der Waals surface area contributed by atoms with E-state index in [-0.39, 0.29) is 24.4 Å². The predicted molar refractivity (Wildman–Crippen MR) is 55.2 cm³/mol. The molecule has 0 aromatic carbocycles. The van der Waals surface area contributed by atoms with Gasteiger partial charge in [-0.2, -0.15) is 0 Å². The number of nitrogens with two attached hydrogens (primary N) is 1. The molecule has 1 amide bonds. The minimum atomic E-state index is -0.974.